The fourth-order valence-electron chi connectivity index (χ4n) is 1.25. The van der Waals surface area contributed by atoms with Crippen molar-refractivity contribution in [2.24, 2.45) is 0 Å². The number of nitrogens with zero attached hydrogens (tertiary/aromatic N) is 1. The second kappa shape index (κ2) is 4.40. The van der Waals surface area contributed by atoms with Crippen LogP contribution in [0.25, 0.3) is 0 Å². The summed E-state index contributed by atoms with van der Waals surface area (Å²) in [6, 6.07) is 6.31. The number of hydrogen-bond donors (Lipinski definition) is 1. The Kier molecular flexibility index (Phi) is 2.97. The van der Waals surface area contributed by atoms with Gasteiger partial charge in [0.2, 0.25) is 0 Å². The van der Waals surface area contributed by atoms with Crippen LogP contribution in [0, 0.1) is 12.7 Å². The van der Waals surface area contributed by atoms with E-state index >= 15 is 0 Å². The molecule has 78 valence electrons. The van der Waals surface area contributed by atoms with Gasteiger partial charge in [-0.1, -0.05) is 0 Å². The van der Waals surface area contributed by atoms with Crippen molar-refractivity contribution in [3.63, 3.8) is 0 Å². The molecule has 0 aliphatic carbocycles. The molecule has 0 fully saturated rings. The predicted octanol–water partition coefficient (Wildman–Crippen LogP) is 3.20. The lowest BCUT2D eigenvalue weighted by molar-refractivity contribution is 0.628. The first-order valence-electron chi connectivity index (χ1n) is 4.64. The van der Waals surface area contributed by atoms with Gasteiger partial charge in [-0.15, -0.1) is 11.3 Å². The molecule has 0 bridgehead atoms. The summed E-state index contributed by atoms with van der Waals surface area (Å²) in [6.45, 7) is 2.65. The fraction of sp³-hybridized carbons (Fsp3) is 0.182. The summed E-state index contributed by atoms with van der Waals surface area (Å²) in [5.74, 6) is -0.218. The van der Waals surface area contributed by atoms with Gasteiger partial charge in [0, 0.05) is 11.1 Å². The van der Waals surface area contributed by atoms with Gasteiger partial charge in [-0.3, -0.25) is 0 Å². The summed E-state index contributed by atoms with van der Waals surface area (Å²) in [5.41, 5.74) is 1.92. The van der Waals surface area contributed by atoms with Crippen LogP contribution in [0.2, 0.25) is 0 Å². The standard InChI is InChI=1S/C11H11FN2S/c1-8-14-11(7-15-8)6-13-10-4-2-9(12)3-5-10/h2-5,7,13H,6H2,1H3. The van der Waals surface area contributed by atoms with Crippen molar-refractivity contribution < 1.29 is 4.39 Å². The lowest BCUT2D eigenvalue weighted by Crippen LogP contribution is -1.99. The molecule has 0 amide bonds. The van der Waals surface area contributed by atoms with Crippen LogP contribution in [0.5, 0.6) is 0 Å². The van der Waals surface area contributed by atoms with Crippen LogP contribution in [0.4, 0.5) is 10.1 Å². The molecule has 0 aliphatic heterocycles. The maximum atomic E-state index is 12.6. The first-order chi connectivity index (χ1) is 7.24. The van der Waals surface area contributed by atoms with Crippen LogP contribution < -0.4 is 5.32 Å². The Morgan fingerprint density at radius 3 is 2.67 bits per heavy atom. The van der Waals surface area contributed by atoms with E-state index in [9.17, 15) is 4.39 Å². The lowest BCUT2D eigenvalue weighted by Gasteiger charge is -2.03. The number of anilines is 1. The van der Waals surface area contributed by atoms with Gasteiger partial charge in [0.25, 0.3) is 0 Å². The molecule has 0 atom stereocenters. The Bertz CT molecular complexity index is 436. The van der Waals surface area contributed by atoms with Gasteiger partial charge < -0.3 is 5.32 Å². The molecule has 0 radical (unpaired) electrons. The van der Waals surface area contributed by atoms with E-state index in [1.807, 2.05) is 12.3 Å². The Labute approximate surface area is 91.8 Å². The molecule has 1 aromatic heterocycles. The highest BCUT2D eigenvalue weighted by atomic mass is 32.1. The van der Waals surface area contributed by atoms with Gasteiger partial charge in [0.05, 0.1) is 17.2 Å². The third kappa shape index (κ3) is 2.76. The van der Waals surface area contributed by atoms with E-state index in [4.69, 9.17) is 0 Å². The molecule has 1 heterocycles. The number of aryl methyl sites for hydroxylation is 1. The Balaban J connectivity index is 1.96. The number of nitrogens with one attached hydrogen (secondary N) is 1. The van der Waals surface area contributed by atoms with E-state index in [0.29, 0.717) is 6.54 Å². The predicted molar refractivity (Wildman–Crippen MR) is 60.6 cm³/mol. The fourth-order valence-corrected chi connectivity index (χ4v) is 1.86. The minimum Gasteiger partial charge on any atom is -0.379 e. The minimum absolute atomic E-state index is 0.218. The minimum atomic E-state index is -0.218. The van der Waals surface area contributed by atoms with E-state index in [-0.39, 0.29) is 5.82 Å². The molecular formula is C11H11FN2S. The molecule has 2 rings (SSSR count). The van der Waals surface area contributed by atoms with Crippen LogP contribution >= 0.6 is 11.3 Å². The maximum absolute atomic E-state index is 12.6. The maximum Gasteiger partial charge on any atom is 0.123 e. The second-order valence-electron chi connectivity index (χ2n) is 3.22. The summed E-state index contributed by atoms with van der Waals surface area (Å²) in [5, 5.41) is 6.26. The number of halogens is 1. The van der Waals surface area contributed by atoms with Crippen molar-refractivity contribution >= 4 is 17.0 Å². The molecule has 2 aromatic rings. The summed E-state index contributed by atoms with van der Waals surface area (Å²) < 4.78 is 12.6. The van der Waals surface area contributed by atoms with Gasteiger partial charge in [0.15, 0.2) is 0 Å². The van der Waals surface area contributed by atoms with Gasteiger partial charge in [-0.25, -0.2) is 9.37 Å². The molecule has 0 saturated carbocycles. The van der Waals surface area contributed by atoms with E-state index in [2.05, 4.69) is 10.3 Å². The van der Waals surface area contributed by atoms with Crippen LogP contribution in [-0.4, -0.2) is 4.98 Å². The van der Waals surface area contributed by atoms with E-state index in [0.717, 1.165) is 16.4 Å². The van der Waals surface area contributed by atoms with Gasteiger partial charge >= 0.3 is 0 Å². The molecule has 0 unspecified atom stereocenters. The van der Waals surface area contributed by atoms with Crippen LogP contribution in [0.1, 0.15) is 10.7 Å². The topological polar surface area (TPSA) is 24.9 Å². The summed E-state index contributed by atoms with van der Waals surface area (Å²) in [6.07, 6.45) is 0. The van der Waals surface area contributed by atoms with Crippen molar-refractivity contribution in [3.8, 4) is 0 Å². The number of thiazole rings is 1. The summed E-state index contributed by atoms with van der Waals surface area (Å²) in [4.78, 5) is 4.33. The highest BCUT2D eigenvalue weighted by Crippen LogP contribution is 2.12. The second-order valence-corrected chi connectivity index (χ2v) is 4.28. The van der Waals surface area contributed by atoms with E-state index in [1.165, 1.54) is 12.1 Å². The highest BCUT2D eigenvalue weighted by Gasteiger charge is 1.98. The van der Waals surface area contributed by atoms with Crippen LogP contribution in [0.15, 0.2) is 29.6 Å². The highest BCUT2D eigenvalue weighted by molar-refractivity contribution is 7.09. The van der Waals surface area contributed by atoms with Crippen LogP contribution in [0.3, 0.4) is 0 Å². The van der Waals surface area contributed by atoms with Crippen molar-refractivity contribution in [2.75, 3.05) is 5.32 Å². The molecule has 15 heavy (non-hydrogen) atoms. The van der Waals surface area contributed by atoms with Crippen molar-refractivity contribution in [1.29, 1.82) is 0 Å². The first kappa shape index (κ1) is 10.1. The average Bonchev–Trinajstić information content (AvgIpc) is 2.64. The third-order valence-corrected chi connectivity index (χ3v) is 2.81. The summed E-state index contributed by atoms with van der Waals surface area (Å²) >= 11 is 1.63. The number of benzene rings is 1. The Morgan fingerprint density at radius 2 is 2.07 bits per heavy atom. The molecule has 2 nitrogen and oxygen atoms in total. The molecule has 4 heteroatoms. The quantitative estimate of drug-likeness (QED) is 0.862. The van der Waals surface area contributed by atoms with Gasteiger partial charge in [-0.05, 0) is 31.2 Å². The number of aromatic nitrogens is 1. The van der Waals surface area contributed by atoms with Gasteiger partial charge in [-0.2, -0.15) is 0 Å². The number of hydrogen-bond acceptors (Lipinski definition) is 3. The normalized spacial score (nSPS) is 10.3. The SMILES string of the molecule is Cc1nc(CNc2ccc(F)cc2)cs1. The van der Waals surface area contributed by atoms with Gasteiger partial charge in [0.1, 0.15) is 5.82 Å². The lowest BCUT2D eigenvalue weighted by atomic mass is 10.3. The van der Waals surface area contributed by atoms with Crippen LogP contribution in [-0.2, 0) is 6.54 Å². The average molecular weight is 222 g/mol. The molecule has 0 spiro atoms. The molecular weight excluding hydrogens is 211 g/mol. The number of rotatable bonds is 3. The first-order valence-corrected chi connectivity index (χ1v) is 5.52. The zero-order chi connectivity index (χ0) is 10.7. The smallest absolute Gasteiger partial charge is 0.123 e. The zero-order valence-electron chi connectivity index (χ0n) is 8.33. The Morgan fingerprint density at radius 1 is 1.33 bits per heavy atom. The van der Waals surface area contributed by atoms with Crippen molar-refractivity contribution in [3.05, 3.63) is 46.2 Å². The summed E-state index contributed by atoms with van der Waals surface area (Å²) in [7, 11) is 0. The monoisotopic (exact) mass is 222 g/mol. The largest absolute Gasteiger partial charge is 0.379 e. The molecule has 1 N–H and O–H groups in total. The molecule has 1 aromatic carbocycles. The van der Waals surface area contributed by atoms with E-state index < -0.39 is 0 Å². The molecule has 0 aliphatic rings. The van der Waals surface area contributed by atoms with E-state index in [1.54, 1.807) is 23.5 Å². The third-order valence-electron chi connectivity index (χ3n) is 1.98. The van der Waals surface area contributed by atoms with Crippen molar-refractivity contribution in [2.45, 2.75) is 13.5 Å². The Hall–Kier alpha value is -1.42. The zero-order valence-corrected chi connectivity index (χ0v) is 9.14. The van der Waals surface area contributed by atoms with Crippen molar-refractivity contribution in [1.82, 2.24) is 4.98 Å². The molecule has 0 saturated heterocycles.